The number of aromatic nitrogens is 1. The van der Waals surface area contributed by atoms with E-state index < -0.39 is 10.0 Å². The van der Waals surface area contributed by atoms with Gasteiger partial charge in [-0.15, -0.1) is 0 Å². The third-order valence-corrected chi connectivity index (χ3v) is 6.99. The Bertz CT molecular complexity index is 1120. The van der Waals surface area contributed by atoms with Crippen LogP contribution in [-0.2, 0) is 16.4 Å². The van der Waals surface area contributed by atoms with Gasteiger partial charge in [-0.1, -0.05) is 35.5 Å². The van der Waals surface area contributed by atoms with E-state index in [1.54, 1.807) is 16.4 Å². The Labute approximate surface area is 159 Å². The lowest BCUT2D eigenvalue weighted by Gasteiger charge is -2.32. The van der Waals surface area contributed by atoms with Crippen molar-refractivity contribution in [1.82, 2.24) is 5.16 Å². The molecular weight excluding hydrogens is 360 g/mol. The highest BCUT2D eigenvalue weighted by molar-refractivity contribution is 7.92. The maximum atomic E-state index is 13.6. The molecule has 4 rings (SSSR count). The van der Waals surface area contributed by atoms with Crippen molar-refractivity contribution in [2.24, 2.45) is 0 Å². The lowest BCUT2D eigenvalue weighted by molar-refractivity contribution is 0.427. The first-order chi connectivity index (χ1) is 12.9. The van der Waals surface area contributed by atoms with Gasteiger partial charge in [-0.2, -0.15) is 0 Å². The van der Waals surface area contributed by atoms with E-state index in [0.29, 0.717) is 22.8 Å². The molecule has 1 aromatic heterocycles. The minimum absolute atomic E-state index is 0.310. The van der Waals surface area contributed by atoms with E-state index in [4.69, 9.17) is 4.52 Å². The zero-order valence-electron chi connectivity index (χ0n) is 15.7. The Morgan fingerprint density at radius 2 is 1.85 bits per heavy atom. The average Bonchev–Trinajstić information content (AvgIpc) is 3.08. The summed E-state index contributed by atoms with van der Waals surface area (Å²) in [4.78, 5) is 0.310. The number of fused-ring (bicyclic) bond motifs is 1. The van der Waals surface area contributed by atoms with Crippen LogP contribution in [0.3, 0.4) is 0 Å². The van der Waals surface area contributed by atoms with Crippen molar-refractivity contribution in [2.45, 2.75) is 38.5 Å². The molecule has 0 saturated carbocycles. The van der Waals surface area contributed by atoms with Crippen LogP contribution in [0.25, 0.3) is 11.3 Å². The highest BCUT2D eigenvalue weighted by Crippen LogP contribution is 2.36. The van der Waals surface area contributed by atoms with Crippen LogP contribution in [0.15, 0.2) is 51.9 Å². The molecule has 0 saturated heterocycles. The molecule has 1 aliphatic rings. The first-order valence-electron chi connectivity index (χ1n) is 9.03. The highest BCUT2D eigenvalue weighted by atomic mass is 32.2. The summed E-state index contributed by atoms with van der Waals surface area (Å²) >= 11 is 0. The fraction of sp³-hybridized carbons (Fsp3) is 0.286. The third kappa shape index (κ3) is 3.04. The molecule has 0 fully saturated rings. The number of para-hydroxylation sites is 1. The SMILES string of the molecule is Cc1cc(-c2ccc(C)c(S(=O)(=O)N3CCCc4cccc(C)c43)c2)on1. The van der Waals surface area contributed by atoms with Gasteiger partial charge in [-0.25, -0.2) is 8.42 Å². The van der Waals surface area contributed by atoms with Crippen LogP contribution in [0.5, 0.6) is 0 Å². The van der Waals surface area contributed by atoms with Gasteiger partial charge in [0.2, 0.25) is 0 Å². The van der Waals surface area contributed by atoms with Crippen molar-refractivity contribution in [3.05, 3.63) is 64.8 Å². The molecule has 0 N–H and O–H groups in total. The second kappa shape index (κ2) is 6.53. The summed E-state index contributed by atoms with van der Waals surface area (Å²) in [5.74, 6) is 0.569. The van der Waals surface area contributed by atoms with E-state index in [0.717, 1.165) is 40.9 Å². The molecule has 140 valence electrons. The van der Waals surface area contributed by atoms with Gasteiger partial charge in [0.25, 0.3) is 10.0 Å². The van der Waals surface area contributed by atoms with Crippen molar-refractivity contribution in [2.75, 3.05) is 10.8 Å². The Morgan fingerprint density at radius 1 is 1.04 bits per heavy atom. The summed E-state index contributed by atoms with van der Waals surface area (Å²) in [5, 5.41) is 3.90. The van der Waals surface area contributed by atoms with Crippen LogP contribution in [-0.4, -0.2) is 20.1 Å². The summed E-state index contributed by atoms with van der Waals surface area (Å²) < 4.78 is 34.1. The van der Waals surface area contributed by atoms with E-state index >= 15 is 0 Å². The minimum atomic E-state index is -3.68. The normalized spacial score (nSPS) is 14.3. The lowest BCUT2D eigenvalue weighted by Crippen LogP contribution is -2.36. The van der Waals surface area contributed by atoms with Crippen molar-refractivity contribution in [1.29, 1.82) is 0 Å². The lowest BCUT2D eigenvalue weighted by atomic mass is 10.0. The summed E-state index contributed by atoms with van der Waals surface area (Å²) in [7, 11) is -3.68. The predicted octanol–water partition coefficient (Wildman–Crippen LogP) is 4.41. The summed E-state index contributed by atoms with van der Waals surface area (Å²) in [5.41, 5.74) is 5.08. The molecule has 2 heterocycles. The van der Waals surface area contributed by atoms with E-state index in [-0.39, 0.29) is 0 Å². The largest absolute Gasteiger partial charge is 0.356 e. The zero-order valence-corrected chi connectivity index (χ0v) is 16.5. The summed E-state index contributed by atoms with van der Waals surface area (Å²) in [6.45, 7) is 6.12. The Balaban J connectivity index is 1.84. The van der Waals surface area contributed by atoms with Gasteiger partial charge in [-0.3, -0.25) is 4.31 Å². The van der Waals surface area contributed by atoms with Gasteiger partial charge in [0.15, 0.2) is 5.76 Å². The Hall–Kier alpha value is -2.60. The number of rotatable bonds is 3. The molecule has 0 aliphatic carbocycles. The van der Waals surface area contributed by atoms with E-state index in [1.807, 2.05) is 51.1 Å². The molecule has 1 aliphatic heterocycles. The monoisotopic (exact) mass is 382 g/mol. The number of hydrogen-bond acceptors (Lipinski definition) is 4. The number of sulfonamides is 1. The molecule has 0 atom stereocenters. The van der Waals surface area contributed by atoms with Crippen LogP contribution in [0.2, 0.25) is 0 Å². The van der Waals surface area contributed by atoms with Crippen LogP contribution in [0.1, 0.15) is 28.8 Å². The first kappa shape index (κ1) is 17.8. The second-order valence-electron chi connectivity index (χ2n) is 7.08. The molecule has 0 bridgehead atoms. The molecule has 5 nitrogen and oxygen atoms in total. The molecule has 0 spiro atoms. The van der Waals surface area contributed by atoms with E-state index in [9.17, 15) is 8.42 Å². The maximum Gasteiger partial charge on any atom is 0.264 e. The van der Waals surface area contributed by atoms with Gasteiger partial charge in [-0.05, 0) is 56.4 Å². The Morgan fingerprint density at radius 3 is 2.59 bits per heavy atom. The molecule has 6 heteroatoms. The van der Waals surface area contributed by atoms with Gasteiger partial charge >= 0.3 is 0 Å². The van der Waals surface area contributed by atoms with Gasteiger partial charge in [0.1, 0.15) is 0 Å². The van der Waals surface area contributed by atoms with Gasteiger partial charge in [0.05, 0.1) is 16.3 Å². The second-order valence-corrected chi connectivity index (χ2v) is 8.91. The first-order valence-corrected chi connectivity index (χ1v) is 10.5. The molecule has 2 aromatic carbocycles. The average molecular weight is 382 g/mol. The molecule has 0 unspecified atom stereocenters. The minimum Gasteiger partial charge on any atom is -0.356 e. The topological polar surface area (TPSA) is 63.4 Å². The fourth-order valence-corrected chi connectivity index (χ4v) is 5.55. The van der Waals surface area contributed by atoms with Crippen LogP contribution in [0, 0.1) is 20.8 Å². The van der Waals surface area contributed by atoms with Crippen molar-refractivity contribution in [3.8, 4) is 11.3 Å². The summed E-state index contributed by atoms with van der Waals surface area (Å²) in [6, 6.07) is 13.2. The van der Waals surface area contributed by atoms with Crippen molar-refractivity contribution >= 4 is 15.7 Å². The molecular formula is C21H22N2O3S. The molecule has 3 aromatic rings. The van der Waals surface area contributed by atoms with Crippen LogP contribution < -0.4 is 4.31 Å². The van der Waals surface area contributed by atoms with E-state index in [1.165, 1.54) is 0 Å². The molecule has 27 heavy (non-hydrogen) atoms. The standard InChI is InChI=1S/C21H22N2O3S/c1-14-9-10-18(19-12-16(3)22-26-19)13-20(14)27(24,25)23-11-5-8-17-7-4-6-15(2)21(17)23/h4,6-7,9-10,12-13H,5,8,11H2,1-3H3. The fourth-order valence-electron chi connectivity index (χ4n) is 3.69. The smallest absolute Gasteiger partial charge is 0.264 e. The molecule has 0 radical (unpaired) electrons. The maximum absolute atomic E-state index is 13.6. The highest BCUT2D eigenvalue weighted by Gasteiger charge is 2.31. The quantitative estimate of drug-likeness (QED) is 0.673. The van der Waals surface area contributed by atoms with Gasteiger partial charge < -0.3 is 4.52 Å². The van der Waals surface area contributed by atoms with E-state index in [2.05, 4.69) is 5.16 Å². The predicted molar refractivity (Wildman–Crippen MR) is 105 cm³/mol. The number of benzene rings is 2. The van der Waals surface area contributed by atoms with Gasteiger partial charge in [0, 0.05) is 18.2 Å². The number of anilines is 1. The van der Waals surface area contributed by atoms with Crippen molar-refractivity contribution < 1.29 is 12.9 Å². The number of hydrogen-bond donors (Lipinski definition) is 0. The number of nitrogens with zero attached hydrogens (tertiary/aromatic N) is 2. The third-order valence-electron chi connectivity index (χ3n) is 5.05. The Kier molecular flexibility index (Phi) is 4.30. The van der Waals surface area contributed by atoms with Crippen LogP contribution in [0.4, 0.5) is 5.69 Å². The zero-order chi connectivity index (χ0) is 19.2. The number of aryl methyl sites for hydroxylation is 4. The van der Waals surface area contributed by atoms with Crippen LogP contribution >= 0.6 is 0 Å². The molecule has 0 amide bonds. The van der Waals surface area contributed by atoms with Crippen molar-refractivity contribution in [3.63, 3.8) is 0 Å². The summed E-state index contributed by atoms with van der Waals surface area (Å²) in [6.07, 6.45) is 1.72.